The average molecular weight is 445 g/mol. The van der Waals surface area contributed by atoms with Gasteiger partial charge in [-0.15, -0.1) is 0 Å². The highest BCUT2D eigenvalue weighted by molar-refractivity contribution is 6.01. The van der Waals surface area contributed by atoms with Crippen LogP contribution in [0.3, 0.4) is 0 Å². The quantitative estimate of drug-likeness (QED) is 0.300. The molecule has 34 heavy (non-hydrogen) atoms. The third-order valence-corrected chi connectivity index (χ3v) is 5.62. The summed E-state index contributed by atoms with van der Waals surface area (Å²) in [5, 5.41) is 3.57. The summed E-state index contributed by atoms with van der Waals surface area (Å²) in [5.74, 6) is -0.603. The van der Waals surface area contributed by atoms with Gasteiger partial charge in [-0.2, -0.15) is 0 Å². The lowest BCUT2D eigenvalue weighted by Crippen LogP contribution is -2.07. The monoisotopic (exact) mass is 445 g/mol. The minimum Gasteiger partial charge on any atom is -0.323 e. The molecule has 0 radical (unpaired) electrons. The molecular weight excluding hydrogens is 425 g/mol. The van der Waals surface area contributed by atoms with Gasteiger partial charge in [-0.3, -0.25) is 4.79 Å². The molecular formula is C29H20FN3O. The van der Waals surface area contributed by atoms with Gasteiger partial charge in [0.25, 0.3) is 0 Å². The number of halogens is 1. The summed E-state index contributed by atoms with van der Waals surface area (Å²) in [4.78, 5) is 20.4. The molecule has 0 bridgehead atoms. The van der Waals surface area contributed by atoms with Crippen LogP contribution in [0.1, 0.15) is 0 Å². The molecule has 5 aromatic rings. The minimum absolute atomic E-state index is 0.293. The first-order valence-electron chi connectivity index (χ1n) is 10.8. The van der Waals surface area contributed by atoms with Crippen LogP contribution in [0, 0.1) is 5.82 Å². The summed E-state index contributed by atoms with van der Waals surface area (Å²) < 4.78 is 15.3. The lowest BCUT2D eigenvalue weighted by atomic mass is 9.94. The van der Waals surface area contributed by atoms with Gasteiger partial charge in [0, 0.05) is 28.4 Å². The molecule has 0 aliphatic carbocycles. The molecule has 164 valence electrons. The summed E-state index contributed by atoms with van der Waals surface area (Å²) in [5.41, 5.74) is 6.01. The zero-order valence-corrected chi connectivity index (χ0v) is 18.2. The molecule has 1 aromatic heterocycles. The summed E-state index contributed by atoms with van der Waals surface area (Å²) >= 11 is 0. The van der Waals surface area contributed by atoms with Crippen LogP contribution in [-0.4, -0.2) is 15.9 Å². The van der Waals surface area contributed by atoms with Gasteiger partial charge in [0.1, 0.15) is 12.1 Å². The van der Waals surface area contributed by atoms with E-state index in [1.807, 2.05) is 66.7 Å². The van der Waals surface area contributed by atoms with Gasteiger partial charge in [0.05, 0.1) is 5.52 Å². The van der Waals surface area contributed by atoms with Crippen molar-refractivity contribution in [3.63, 3.8) is 0 Å². The van der Waals surface area contributed by atoms with Crippen LogP contribution in [0.25, 0.3) is 44.3 Å². The second kappa shape index (κ2) is 9.08. The number of carbonyl (C=O) groups excluding carboxylic acids is 1. The highest BCUT2D eigenvalue weighted by Gasteiger charge is 2.13. The zero-order chi connectivity index (χ0) is 23.5. The smallest absolute Gasteiger partial charge is 0.247 e. The second-order valence-corrected chi connectivity index (χ2v) is 7.82. The van der Waals surface area contributed by atoms with Crippen molar-refractivity contribution in [2.24, 2.45) is 0 Å². The third-order valence-electron chi connectivity index (χ3n) is 5.62. The van der Waals surface area contributed by atoms with Crippen molar-refractivity contribution >= 4 is 22.5 Å². The van der Waals surface area contributed by atoms with Gasteiger partial charge < -0.3 is 5.32 Å². The van der Waals surface area contributed by atoms with E-state index >= 15 is 4.39 Å². The summed E-state index contributed by atoms with van der Waals surface area (Å²) in [6.07, 6.45) is 4.43. The van der Waals surface area contributed by atoms with E-state index in [2.05, 4.69) is 21.9 Å². The summed E-state index contributed by atoms with van der Waals surface area (Å²) in [6, 6.07) is 26.2. The highest BCUT2D eigenvalue weighted by atomic mass is 19.1. The maximum Gasteiger partial charge on any atom is 0.247 e. The van der Waals surface area contributed by atoms with E-state index in [4.69, 9.17) is 0 Å². The van der Waals surface area contributed by atoms with Crippen LogP contribution in [0.4, 0.5) is 10.1 Å². The van der Waals surface area contributed by atoms with Crippen LogP contribution in [-0.2, 0) is 4.79 Å². The van der Waals surface area contributed by atoms with Gasteiger partial charge in [0.2, 0.25) is 5.91 Å². The molecule has 1 amide bonds. The van der Waals surface area contributed by atoms with Crippen LogP contribution >= 0.6 is 0 Å². The van der Waals surface area contributed by atoms with Crippen molar-refractivity contribution in [1.82, 2.24) is 9.97 Å². The lowest BCUT2D eigenvalue weighted by Gasteiger charge is -2.13. The molecule has 0 aliphatic heterocycles. The molecule has 1 N–H and O–H groups in total. The van der Waals surface area contributed by atoms with E-state index in [-0.39, 0.29) is 11.7 Å². The predicted octanol–water partition coefficient (Wildman–Crippen LogP) is 6.89. The molecule has 0 unspecified atom stereocenters. The van der Waals surface area contributed by atoms with Crippen molar-refractivity contribution in [2.75, 3.05) is 5.32 Å². The van der Waals surface area contributed by atoms with E-state index in [0.29, 0.717) is 11.3 Å². The molecule has 0 fully saturated rings. The van der Waals surface area contributed by atoms with E-state index in [1.54, 1.807) is 24.4 Å². The predicted molar refractivity (Wildman–Crippen MR) is 135 cm³/mol. The van der Waals surface area contributed by atoms with Crippen molar-refractivity contribution in [2.45, 2.75) is 0 Å². The topological polar surface area (TPSA) is 54.9 Å². The number of aromatic nitrogens is 2. The Balaban J connectivity index is 1.63. The molecule has 0 atom stereocenters. The average Bonchev–Trinajstić information content (AvgIpc) is 2.88. The van der Waals surface area contributed by atoms with Gasteiger partial charge in [-0.25, -0.2) is 14.4 Å². The zero-order valence-electron chi connectivity index (χ0n) is 18.2. The van der Waals surface area contributed by atoms with E-state index in [1.165, 1.54) is 12.4 Å². The highest BCUT2D eigenvalue weighted by Crippen LogP contribution is 2.35. The van der Waals surface area contributed by atoms with E-state index < -0.39 is 0 Å². The normalized spacial score (nSPS) is 10.7. The van der Waals surface area contributed by atoms with Crippen molar-refractivity contribution in [3.8, 4) is 33.4 Å². The van der Waals surface area contributed by atoms with Crippen molar-refractivity contribution in [3.05, 3.63) is 116 Å². The Morgan fingerprint density at radius 2 is 1.65 bits per heavy atom. The van der Waals surface area contributed by atoms with Crippen LogP contribution < -0.4 is 5.32 Å². The Morgan fingerprint density at radius 3 is 2.44 bits per heavy atom. The van der Waals surface area contributed by atoms with Gasteiger partial charge >= 0.3 is 0 Å². The van der Waals surface area contributed by atoms with Crippen molar-refractivity contribution < 1.29 is 9.18 Å². The lowest BCUT2D eigenvalue weighted by molar-refractivity contribution is -0.111. The Labute approximate surface area is 196 Å². The third kappa shape index (κ3) is 4.19. The van der Waals surface area contributed by atoms with Crippen LogP contribution in [0.2, 0.25) is 0 Å². The largest absolute Gasteiger partial charge is 0.323 e. The molecule has 1 heterocycles. The molecule has 4 nitrogen and oxygen atoms in total. The maximum atomic E-state index is 15.3. The first-order chi connectivity index (χ1) is 16.6. The molecule has 4 aromatic carbocycles. The number of carbonyl (C=O) groups is 1. The molecule has 0 aliphatic rings. The number of hydrogen-bond donors (Lipinski definition) is 1. The number of hydrogen-bond acceptors (Lipinski definition) is 3. The fraction of sp³-hybridized carbons (Fsp3) is 0. The Kier molecular flexibility index (Phi) is 5.67. The molecule has 5 heteroatoms. The Hall–Kier alpha value is -4.64. The maximum absolute atomic E-state index is 15.3. The first kappa shape index (κ1) is 21.2. The molecule has 0 saturated heterocycles. The molecule has 0 spiro atoms. The fourth-order valence-corrected chi connectivity index (χ4v) is 4.00. The number of nitrogens with zero attached hydrogens (tertiary/aromatic N) is 2. The van der Waals surface area contributed by atoms with Gasteiger partial charge in [-0.05, 0) is 58.7 Å². The van der Waals surface area contributed by atoms with Crippen LogP contribution in [0.5, 0.6) is 0 Å². The number of fused-ring (bicyclic) bond motifs is 1. The Morgan fingerprint density at radius 1 is 0.824 bits per heavy atom. The van der Waals surface area contributed by atoms with Crippen LogP contribution in [0.15, 0.2) is 110 Å². The SMILES string of the molecule is C=CC(=O)Nc1cccc(-c2cc(-c3ccc(-c4ccccc4)cc3F)cc3cncnc23)c1. The van der Waals surface area contributed by atoms with Gasteiger partial charge in [0.15, 0.2) is 0 Å². The van der Waals surface area contributed by atoms with E-state index in [9.17, 15) is 4.79 Å². The summed E-state index contributed by atoms with van der Waals surface area (Å²) in [7, 11) is 0. The van der Waals surface area contributed by atoms with E-state index in [0.717, 1.165) is 38.7 Å². The fourth-order valence-electron chi connectivity index (χ4n) is 4.00. The van der Waals surface area contributed by atoms with Crippen molar-refractivity contribution in [1.29, 1.82) is 0 Å². The molecule has 5 rings (SSSR count). The number of amides is 1. The first-order valence-corrected chi connectivity index (χ1v) is 10.8. The number of nitrogens with one attached hydrogen (secondary N) is 1. The standard InChI is InChI=1S/C29H20FN3O/c1-2-28(34)33-24-10-6-9-21(14-24)26-15-22(13-23-17-31-18-32-29(23)26)25-12-11-20(16-27(25)30)19-7-4-3-5-8-19/h2-18H,1H2,(H,33,34). The van der Waals surface area contributed by atoms with Gasteiger partial charge in [-0.1, -0.05) is 61.2 Å². The molecule has 0 saturated carbocycles. The Bertz CT molecular complexity index is 1530. The number of benzene rings is 4. The number of rotatable bonds is 5. The summed E-state index contributed by atoms with van der Waals surface area (Å²) in [6.45, 7) is 3.49. The second-order valence-electron chi connectivity index (χ2n) is 7.82. The minimum atomic E-state index is -0.310. The number of anilines is 1.